The largest absolute Gasteiger partial charge is 0.478 e. The van der Waals surface area contributed by atoms with Crippen LogP contribution in [-0.2, 0) is 22.7 Å². The van der Waals surface area contributed by atoms with Gasteiger partial charge in [0.05, 0.1) is 5.69 Å². The molecule has 0 aliphatic carbocycles. The minimum absolute atomic E-state index is 0.474. The fourth-order valence-electron chi connectivity index (χ4n) is 1.19. The summed E-state index contributed by atoms with van der Waals surface area (Å²) in [6.45, 7) is 1.68. The molecule has 2 heterocycles. The first-order valence-electron chi connectivity index (χ1n) is 4.84. The van der Waals surface area contributed by atoms with Gasteiger partial charge >= 0.3 is 11.9 Å². The second-order valence-electron chi connectivity index (χ2n) is 3.25. The van der Waals surface area contributed by atoms with Crippen molar-refractivity contribution in [1.29, 1.82) is 0 Å². The van der Waals surface area contributed by atoms with Crippen LogP contribution in [0.25, 0.3) is 0 Å². The van der Waals surface area contributed by atoms with E-state index >= 15 is 0 Å². The summed E-state index contributed by atoms with van der Waals surface area (Å²) in [6.07, 6.45) is 1.12. The summed E-state index contributed by atoms with van der Waals surface area (Å²) >= 11 is 5.62. The fraction of sp³-hybridized carbons (Fsp3) is 0.200. The lowest BCUT2D eigenvalue weighted by Gasteiger charge is -1.92. The van der Waals surface area contributed by atoms with E-state index in [0.29, 0.717) is 17.3 Å². The van der Waals surface area contributed by atoms with Gasteiger partial charge in [0.2, 0.25) is 0 Å². The molecule has 2 rings (SSSR count). The van der Waals surface area contributed by atoms with Crippen LogP contribution in [0.2, 0.25) is 5.15 Å². The number of fused-ring (bicyclic) bond motifs is 1. The van der Waals surface area contributed by atoms with Crippen molar-refractivity contribution in [2.75, 3.05) is 0 Å². The van der Waals surface area contributed by atoms with Crippen molar-refractivity contribution in [2.24, 2.45) is 0 Å². The van der Waals surface area contributed by atoms with Crippen LogP contribution in [0.5, 0.6) is 0 Å². The lowest BCUT2D eigenvalue weighted by Crippen LogP contribution is -2.00. The Morgan fingerprint density at radius 1 is 1.22 bits per heavy atom. The maximum absolute atomic E-state index is 9.55. The lowest BCUT2D eigenvalue weighted by atomic mass is 10.3. The first kappa shape index (κ1) is 14.1. The number of aromatic nitrogens is 2. The van der Waals surface area contributed by atoms with Gasteiger partial charge < -0.3 is 15.5 Å². The van der Waals surface area contributed by atoms with Crippen LogP contribution >= 0.6 is 11.6 Å². The summed E-state index contributed by atoms with van der Waals surface area (Å²) in [5.41, 5.74) is 2.18. The highest BCUT2D eigenvalue weighted by atomic mass is 35.5. The first-order chi connectivity index (χ1) is 8.49. The van der Waals surface area contributed by atoms with E-state index in [1.54, 1.807) is 0 Å². The lowest BCUT2D eigenvalue weighted by molar-refractivity contribution is -0.134. The highest BCUT2D eigenvalue weighted by Crippen LogP contribution is 2.14. The molecule has 0 saturated heterocycles. The molecule has 8 heteroatoms. The number of halogens is 1. The van der Waals surface area contributed by atoms with Crippen LogP contribution in [0.4, 0.5) is 0 Å². The van der Waals surface area contributed by atoms with Crippen LogP contribution in [0.1, 0.15) is 11.3 Å². The quantitative estimate of drug-likeness (QED) is 0.669. The number of carbonyl (C=O) groups is 2. The van der Waals surface area contributed by atoms with E-state index in [2.05, 4.69) is 15.5 Å². The first-order valence-corrected chi connectivity index (χ1v) is 5.22. The van der Waals surface area contributed by atoms with Crippen molar-refractivity contribution in [3.05, 3.63) is 34.6 Å². The van der Waals surface area contributed by atoms with Gasteiger partial charge in [0.15, 0.2) is 5.15 Å². The Labute approximate surface area is 107 Å². The molecule has 0 saturated carbocycles. The standard InChI is InChI=1S/C6H6ClN3.C4H4O4/c7-6-1-4-2-8-3-5(4)9-10-6;5-3(6)1-2-4(7)8/h1,8H,2-3H2;1-2H,(H,5,6)(H,7,8)/b;2-1-. The van der Waals surface area contributed by atoms with Gasteiger partial charge in [-0.2, -0.15) is 5.10 Å². The van der Waals surface area contributed by atoms with Crippen molar-refractivity contribution >= 4 is 23.5 Å². The van der Waals surface area contributed by atoms with Gasteiger partial charge in [0.1, 0.15) is 0 Å². The number of rotatable bonds is 2. The Morgan fingerprint density at radius 2 is 1.83 bits per heavy atom. The van der Waals surface area contributed by atoms with Crippen molar-refractivity contribution in [2.45, 2.75) is 13.1 Å². The SMILES string of the molecule is Clc1cc2c(nn1)CNC2.O=C(O)/C=C\C(=O)O. The topological polar surface area (TPSA) is 112 Å². The molecule has 3 N–H and O–H groups in total. The third-order valence-electron chi connectivity index (χ3n) is 1.91. The molecule has 7 nitrogen and oxygen atoms in total. The highest BCUT2D eigenvalue weighted by molar-refractivity contribution is 6.29. The summed E-state index contributed by atoms with van der Waals surface area (Å²) in [6, 6.07) is 1.85. The number of nitrogens with zero attached hydrogens (tertiary/aromatic N) is 2. The van der Waals surface area contributed by atoms with Crippen molar-refractivity contribution in [3.63, 3.8) is 0 Å². The zero-order chi connectivity index (χ0) is 13.5. The molecule has 96 valence electrons. The molecule has 18 heavy (non-hydrogen) atoms. The Bertz CT molecular complexity index is 474. The van der Waals surface area contributed by atoms with E-state index in [9.17, 15) is 9.59 Å². The van der Waals surface area contributed by atoms with Gasteiger partial charge in [-0.05, 0) is 11.6 Å². The van der Waals surface area contributed by atoms with Crippen LogP contribution in [0.15, 0.2) is 18.2 Å². The van der Waals surface area contributed by atoms with Crippen LogP contribution in [0.3, 0.4) is 0 Å². The Kier molecular flexibility index (Phi) is 5.22. The molecule has 1 aliphatic heterocycles. The number of carboxylic acid groups (broad SMARTS) is 2. The zero-order valence-electron chi connectivity index (χ0n) is 9.13. The molecule has 1 aromatic rings. The number of hydrogen-bond donors (Lipinski definition) is 3. The summed E-state index contributed by atoms with van der Waals surface area (Å²) in [7, 11) is 0. The number of nitrogens with one attached hydrogen (secondary N) is 1. The molecular formula is C10H10ClN3O4. The molecule has 0 fully saturated rings. The molecule has 0 unspecified atom stereocenters. The predicted octanol–water partition coefficient (Wildman–Crippen LogP) is 0.445. The fourth-order valence-corrected chi connectivity index (χ4v) is 1.36. The number of aliphatic carboxylic acids is 2. The molecule has 0 radical (unpaired) electrons. The predicted molar refractivity (Wildman–Crippen MR) is 62.0 cm³/mol. The van der Waals surface area contributed by atoms with Crippen molar-refractivity contribution in [3.8, 4) is 0 Å². The monoisotopic (exact) mass is 271 g/mol. The third-order valence-corrected chi connectivity index (χ3v) is 2.09. The Hall–Kier alpha value is -1.99. The van der Waals surface area contributed by atoms with Gasteiger partial charge in [-0.1, -0.05) is 11.6 Å². The minimum Gasteiger partial charge on any atom is -0.478 e. The van der Waals surface area contributed by atoms with E-state index in [-0.39, 0.29) is 0 Å². The normalized spacial score (nSPS) is 12.7. The second kappa shape index (κ2) is 6.67. The molecule has 0 bridgehead atoms. The summed E-state index contributed by atoms with van der Waals surface area (Å²) < 4.78 is 0. The van der Waals surface area contributed by atoms with E-state index in [4.69, 9.17) is 21.8 Å². The van der Waals surface area contributed by atoms with Crippen molar-refractivity contribution < 1.29 is 19.8 Å². The maximum Gasteiger partial charge on any atom is 0.328 e. The molecule has 1 aliphatic rings. The molecular weight excluding hydrogens is 262 g/mol. The number of carboxylic acids is 2. The summed E-state index contributed by atoms with van der Waals surface area (Å²) in [5.74, 6) is -2.51. The van der Waals surface area contributed by atoms with Crippen LogP contribution in [0, 0.1) is 0 Å². The highest BCUT2D eigenvalue weighted by Gasteiger charge is 2.11. The second-order valence-corrected chi connectivity index (χ2v) is 3.64. The molecule has 0 spiro atoms. The molecule has 0 amide bonds. The van der Waals surface area contributed by atoms with Crippen LogP contribution < -0.4 is 5.32 Å². The Balaban J connectivity index is 0.000000187. The summed E-state index contributed by atoms with van der Waals surface area (Å²) in [4.78, 5) is 19.1. The number of hydrogen-bond acceptors (Lipinski definition) is 5. The average molecular weight is 272 g/mol. The van der Waals surface area contributed by atoms with E-state index in [1.165, 1.54) is 5.56 Å². The van der Waals surface area contributed by atoms with Crippen LogP contribution in [-0.4, -0.2) is 32.3 Å². The van der Waals surface area contributed by atoms with Gasteiger partial charge in [-0.15, -0.1) is 5.10 Å². The molecule has 1 aromatic heterocycles. The summed E-state index contributed by atoms with van der Waals surface area (Å²) in [5, 5.41) is 26.9. The third kappa shape index (κ3) is 4.89. The Morgan fingerprint density at radius 3 is 2.39 bits per heavy atom. The van der Waals surface area contributed by atoms with Gasteiger partial charge in [0.25, 0.3) is 0 Å². The van der Waals surface area contributed by atoms with E-state index in [0.717, 1.165) is 18.8 Å². The molecule has 0 aromatic carbocycles. The van der Waals surface area contributed by atoms with E-state index < -0.39 is 11.9 Å². The van der Waals surface area contributed by atoms with Gasteiger partial charge in [-0.25, -0.2) is 9.59 Å². The van der Waals surface area contributed by atoms with Crippen molar-refractivity contribution in [1.82, 2.24) is 15.5 Å². The maximum atomic E-state index is 9.55. The molecule has 0 atom stereocenters. The zero-order valence-corrected chi connectivity index (χ0v) is 9.89. The van der Waals surface area contributed by atoms with Gasteiger partial charge in [0, 0.05) is 25.2 Å². The smallest absolute Gasteiger partial charge is 0.328 e. The van der Waals surface area contributed by atoms with E-state index in [1.807, 2.05) is 6.07 Å². The van der Waals surface area contributed by atoms with Gasteiger partial charge in [-0.3, -0.25) is 0 Å². The minimum atomic E-state index is -1.26. The average Bonchev–Trinajstić information content (AvgIpc) is 2.74.